The second kappa shape index (κ2) is 16.5. The third-order valence-electron chi connectivity index (χ3n) is 3.92. The summed E-state index contributed by atoms with van der Waals surface area (Å²) in [6.45, 7) is 6.62. The summed E-state index contributed by atoms with van der Waals surface area (Å²) < 4.78 is 0. The Morgan fingerprint density at radius 1 is 1.00 bits per heavy atom. The predicted molar refractivity (Wildman–Crippen MR) is 108 cm³/mol. The van der Waals surface area contributed by atoms with Gasteiger partial charge in [-0.05, 0) is 6.42 Å². The molecule has 0 fully saturated rings. The maximum atomic E-state index is 3.30. The Hall–Kier alpha value is -0.400. The second-order valence-corrected chi connectivity index (χ2v) is 7.21. The maximum Gasteiger partial charge on any atom is 4.00 e. The Morgan fingerprint density at radius 3 is 2.30 bits per heavy atom. The largest absolute Gasteiger partial charge is 4.00 e. The summed E-state index contributed by atoms with van der Waals surface area (Å²) in [4.78, 5) is 0. The van der Waals surface area contributed by atoms with Gasteiger partial charge in [-0.1, -0.05) is 68.3 Å². The van der Waals surface area contributed by atoms with Gasteiger partial charge in [0.25, 0.3) is 0 Å². The van der Waals surface area contributed by atoms with Crippen LogP contribution >= 0.6 is 0 Å². The van der Waals surface area contributed by atoms with Crippen molar-refractivity contribution in [3.05, 3.63) is 83.5 Å². The molecule has 0 aromatic heterocycles. The molecule has 4 heteroatoms. The van der Waals surface area contributed by atoms with Crippen LogP contribution in [0.25, 0.3) is 11.1 Å². The summed E-state index contributed by atoms with van der Waals surface area (Å²) >= 11 is 0. The Labute approximate surface area is 199 Å². The first-order chi connectivity index (χ1) is 11.8. The Balaban J connectivity index is 0. The molecule has 0 nitrogen and oxygen atoms in total. The van der Waals surface area contributed by atoms with E-state index in [4.69, 9.17) is 0 Å². The SMILES string of the molecule is CCCC1=CC[C-]=C1.C[SiH]C.[Cl-].[Cl-].[Zr+4].[c-]1cccc2c1Cc1ccccc1-2. The molecule has 2 aliphatic carbocycles. The van der Waals surface area contributed by atoms with Crippen molar-refractivity contribution < 1.29 is 51.0 Å². The number of fused-ring (bicyclic) bond motifs is 3. The van der Waals surface area contributed by atoms with Crippen LogP contribution in [0.2, 0.25) is 13.1 Å². The number of allylic oxidation sites excluding steroid dienone is 4. The molecule has 0 bridgehead atoms. The minimum atomic E-state index is 0. The fourth-order valence-corrected chi connectivity index (χ4v) is 2.90. The average Bonchev–Trinajstić information content (AvgIpc) is 3.24. The van der Waals surface area contributed by atoms with Crippen molar-refractivity contribution >= 4 is 9.52 Å². The van der Waals surface area contributed by atoms with Gasteiger partial charge >= 0.3 is 26.2 Å². The van der Waals surface area contributed by atoms with Crippen LogP contribution < -0.4 is 24.8 Å². The molecular weight excluding hydrogens is 466 g/mol. The third-order valence-corrected chi connectivity index (χ3v) is 3.92. The van der Waals surface area contributed by atoms with Gasteiger partial charge < -0.3 is 24.8 Å². The molecular formula is C23H27Cl2SiZr. The molecule has 0 amide bonds. The van der Waals surface area contributed by atoms with Crippen molar-refractivity contribution in [2.75, 3.05) is 0 Å². The molecule has 0 N–H and O–H groups in total. The smallest absolute Gasteiger partial charge is 1.00 e. The maximum absolute atomic E-state index is 3.30. The zero-order valence-electron chi connectivity index (χ0n) is 16.4. The number of benzene rings is 2. The van der Waals surface area contributed by atoms with Gasteiger partial charge in [0.15, 0.2) is 0 Å². The molecule has 2 aromatic rings. The van der Waals surface area contributed by atoms with E-state index in [1.165, 1.54) is 40.7 Å². The summed E-state index contributed by atoms with van der Waals surface area (Å²) in [5.41, 5.74) is 6.98. The van der Waals surface area contributed by atoms with Gasteiger partial charge in [0.2, 0.25) is 0 Å². The molecule has 0 saturated heterocycles. The second-order valence-electron chi connectivity index (χ2n) is 6.06. The topological polar surface area (TPSA) is 0 Å². The summed E-state index contributed by atoms with van der Waals surface area (Å²) in [5, 5.41) is 0. The Bertz CT molecular complexity index is 668. The zero-order chi connectivity index (χ0) is 17.2. The molecule has 0 unspecified atom stereocenters. The van der Waals surface area contributed by atoms with Crippen molar-refractivity contribution in [3.8, 4) is 11.1 Å². The molecule has 27 heavy (non-hydrogen) atoms. The molecule has 4 rings (SSSR count). The van der Waals surface area contributed by atoms with Crippen LogP contribution in [0.15, 0.2) is 60.2 Å². The minimum Gasteiger partial charge on any atom is -1.00 e. The standard InChI is InChI=1S/C13H9.C8H11.C2H7Si.2ClH.Zr/c1-3-7-12-10(5-1)9-11-6-2-4-8-13(11)12;1-2-5-8-6-3-4-7-8;1-3-2;;;/h1-5,7-8H,9H2;6-7H,2-3,5H2,1H3;3H,1-2H3;2*1H;/q2*-1;;;;+4/p-2. The van der Waals surface area contributed by atoms with Crippen LogP contribution in [0, 0.1) is 12.1 Å². The first kappa shape index (κ1) is 28.8. The van der Waals surface area contributed by atoms with E-state index < -0.39 is 0 Å². The van der Waals surface area contributed by atoms with E-state index in [0.717, 1.165) is 22.4 Å². The normalized spacial score (nSPS) is 11.6. The van der Waals surface area contributed by atoms with E-state index in [9.17, 15) is 0 Å². The Morgan fingerprint density at radius 2 is 1.67 bits per heavy atom. The molecule has 0 saturated carbocycles. The van der Waals surface area contributed by atoms with Crippen LogP contribution in [-0.2, 0) is 32.6 Å². The van der Waals surface area contributed by atoms with E-state index >= 15 is 0 Å². The monoisotopic (exact) mass is 491 g/mol. The van der Waals surface area contributed by atoms with Crippen molar-refractivity contribution in [1.82, 2.24) is 0 Å². The summed E-state index contributed by atoms with van der Waals surface area (Å²) in [6.07, 6.45) is 12.0. The first-order valence-electron chi connectivity index (χ1n) is 8.87. The van der Waals surface area contributed by atoms with Crippen LogP contribution in [0.4, 0.5) is 0 Å². The number of hydrogen-bond acceptors (Lipinski definition) is 0. The van der Waals surface area contributed by atoms with Gasteiger partial charge in [-0.2, -0.15) is 35.9 Å². The van der Waals surface area contributed by atoms with Gasteiger partial charge in [-0.15, -0.1) is 12.0 Å². The van der Waals surface area contributed by atoms with Crippen LogP contribution in [0.5, 0.6) is 0 Å². The van der Waals surface area contributed by atoms with Crippen LogP contribution in [0.1, 0.15) is 37.3 Å². The molecule has 2 aliphatic rings. The first-order valence-corrected chi connectivity index (χ1v) is 11.2. The number of rotatable bonds is 2. The summed E-state index contributed by atoms with van der Waals surface area (Å²) in [7, 11) is 0.750. The average molecular weight is 494 g/mol. The van der Waals surface area contributed by atoms with E-state index in [1.54, 1.807) is 0 Å². The van der Waals surface area contributed by atoms with Gasteiger partial charge in [0, 0.05) is 9.52 Å². The summed E-state index contributed by atoms with van der Waals surface area (Å²) in [6, 6.07) is 18.1. The fourth-order valence-electron chi connectivity index (χ4n) is 2.90. The van der Waals surface area contributed by atoms with Gasteiger partial charge in [0.1, 0.15) is 0 Å². The number of halogens is 2. The van der Waals surface area contributed by atoms with Gasteiger partial charge in [0.05, 0.1) is 0 Å². The minimum absolute atomic E-state index is 0. The van der Waals surface area contributed by atoms with E-state index in [-0.39, 0.29) is 51.0 Å². The summed E-state index contributed by atoms with van der Waals surface area (Å²) in [5.74, 6) is 0. The van der Waals surface area contributed by atoms with E-state index in [1.807, 2.05) is 6.07 Å². The molecule has 0 aliphatic heterocycles. The third kappa shape index (κ3) is 9.09. The molecule has 0 heterocycles. The van der Waals surface area contributed by atoms with Gasteiger partial charge in [-0.3, -0.25) is 6.08 Å². The van der Waals surface area contributed by atoms with E-state index in [2.05, 4.69) is 80.7 Å². The van der Waals surface area contributed by atoms with Crippen LogP contribution in [-0.4, -0.2) is 9.52 Å². The molecule has 1 radical (unpaired) electrons. The molecule has 0 atom stereocenters. The van der Waals surface area contributed by atoms with E-state index in [0.29, 0.717) is 0 Å². The predicted octanol–water partition coefficient (Wildman–Crippen LogP) is 0.0586. The quantitative estimate of drug-likeness (QED) is 0.350. The van der Waals surface area contributed by atoms with Crippen molar-refractivity contribution in [2.45, 2.75) is 45.7 Å². The van der Waals surface area contributed by atoms with Crippen molar-refractivity contribution in [1.29, 1.82) is 0 Å². The molecule has 0 spiro atoms. The van der Waals surface area contributed by atoms with Crippen molar-refractivity contribution in [3.63, 3.8) is 0 Å². The van der Waals surface area contributed by atoms with Gasteiger partial charge in [-0.25, -0.2) is 11.6 Å². The Kier molecular flexibility index (Phi) is 17.7. The fraction of sp³-hybridized carbons (Fsp3) is 0.304. The van der Waals surface area contributed by atoms with Crippen LogP contribution in [0.3, 0.4) is 0 Å². The van der Waals surface area contributed by atoms with Crippen molar-refractivity contribution in [2.24, 2.45) is 0 Å². The number of hydrogen-bond donors (Lipinski definition) is 0. The molecule has 2 aromatic carbocycles. The molecule has 141 valence electrons. The zero-order valence-corrected chi connectivity index (χ0v) is 21.5.